The van der Waals surface area contributed by atoms with Crippen molar-refractivity contribution < 1.29 is 14.2 Å². The van der Waals surface area contributed by atoms with Crippen LogP contribution in [0, 0.1) is 6.92 Å². The summed E-state index contributed by atoms with van der Waals surface area (Å²) in [6.07, 6.45) is 0.231. The third kappa shape index (κ3) is 3.88. The van der Waals surface area contributed by atoms with Gasteiger partial charge < -0.3 is 19.1 Å². The minimum atomic E-state index is 0.0740. The SMILES string of the molecule is COCc1nc(C)cc(N2CC(C)OC(COC)C2)n1. The molecule has 112 valence electrons. The van der Waals surface area contributed by atoms with E-state index in [2.05, 4.69) is 21.8 Å². The zero-order valence-electron chi connectivity index (χ0n) is 12.6. The zero-order chi connectivity index (χ0) is 14.5. The predicted octanol–water partition coefficient (Wildman–Crippen LogP) is 1.17. The van der Waals surface area contributed by atoms with E-state index in [-0.39, 0.29) is 12.2 Å². The maximum Gasteiger partial charge on any atom is 0.156 e. The van der Waals surface area contributed by atoms with E-state index in [9.17, 15) is 0 Å². The molecule has 0 radical (unpaired) electrons. The van der Waals surface area contributed by atoms with E-state index in [4.69, 9.17) is 14.2 Å². The van der Waals surface area contributed by atoms with Gasteiger partial charge in [-0.25, -0.2) is 9.97 Å². The Morgan fingerprint density at radius 2 is 2.10 bits per heavy atom. The van der Waals surface area contributed by atoms with Crippen LogP contribution in [0.1, 0.15) is 18.4 Å². The van der Waals surface area contributed by atoms with Crippen LogP contribution in [0.5, 0.6) is 0 Å². The lowest BCUT2D eigenvalue weighted by molar-refractivity contribution is -0.0512. The highest BCUT2D eigenvalue weighted by molar-refractivity contribution is 5.40. The van der Waals surface area contributed by atoms with Crippen LogP contribution < -0.4 is 4.90 Å². The number of hydrogen-bond acceptors (Lipinski definition) is 6. The summed E-state index contributed by atoms with van der Waals surface area (Å²) in [4.78, 5) is 11.2. The van der Waals surface area contributed by atoms with Crippen molar-refractivity contribution in [3.63, 3.8) is 0 Å². The number of aryl methyl sites for hydroxylation is 1. The third-order valence-electron chi connectivity index (χ3n) is 3.16. The molecule has 0 amide bonds. The van der Waals surface area contributed by atoms with Crippen molar-refractivity contribution in [2.45, 2.75) is 32.7 Å². The van der Waals surface area contributed by atoms with Crippen molar-refractivity contribution in [3.8, 4) is 0 Å². The Morgan fingerprint density at radius 3 is 2.80 bits per heavy atom. The van der Waals surface area contributed by atoms with Gasteiger partial charge in [0.2, 0.25) is 0 Å². The fourth-order valence-electron chi connectivity index (χ4n) is 2.48. The Hall–Kier alpha value is -1.24. The number of hydrogen-bond donors (Lipinski definition) is 0. The molecule has 1 aromatic heterocycles. The van der Waals surface area contributed by atoms with Crippen molar-refractivity contribution >= 4 is 5.82 Å². The predicted molar refractivity (Wildman–Crippen MR) is 75.9 cm³/mol. The van der Waals surface area contributed by atoms with Crippen molar-refractivity contribution in [1.82, 2.24) is 9.97 Å². The Labute approximate surface area is 120 Å². The number of methoxy groups -OCH3 is 2. The molecule has 1 saturated heterocycles. The standard InChI is InChI=1S/C14H23N3O3/c1-10-5-14(16-13(15-10)9-19-4)17-6-11(2)20-12(7-17)8-18-3/h5,11-12H,6-9H2,1-4H3. The molecule has 6 heteroatoms. The van der Waals surface area contributed by atoms with Crippen molar-refractivity contribution in [1.29, 1.82) is 0 Å². The lowest BCUT2D eigenvalue weighted by atomic mass is 10.2. The van der Waals surface area contributed by atoms with Gasteiger partial charge in [-0.1, -0.05) is 0 Å². The summed E-state index contributed by atoms with van der Waals surface area (Å²) < 4.78 is 16.2. The topological polar surface area (TPSA) is 56.7 Å². The number of nitrogens with zero attached hydrogens (tertiary/aromatic N) is 3. The van der Waals surface area contributed by atoms with Gasteiger partial charge in [-0.2, -0.15) is 0 Å². The van der Waals surface area contributed by atoms with Crippen LogP contribution in [-0.4, -0.2) is 56.1 Å². The van der Waals surface area contributed by atoms with Gasteiger partial charge >= 0.3 is 0 Å². The molecule has 1 aliphatic heterocycles. The monoisotopic (exact) mass is 281 g/mol. The van der Waals surface area contributed by atoms with Crippen LogP contribution in [0.15, 0.2) is 6.07 Å². The lowest BCUT2D eigenvalue weighted by Crippen LogP contribution is -2.48. The molecule has 1 fully saturated rings. The average molecular weight is 281 g/mol. The molecule has 2 rings (SSSR count). The summed E-state index contributed by atoms with van der Waals surface area (Å²) in [7, 11) is 3.34. The van der Waals surface area contributed by atoms with E-state index in [0.717, 1.165) is 24.6 Å². The minimum Gasteiger partial charge on any atom is -0.382 e. The summed E-state index contributed by atoms with van der Waals surface area (Å²) in [6, 6.07) is 2.00. The lowest BCUT2D eigenvalue weighted by Gasteiger charge is -2.37. The second-order valence-electron chi connectivity index (χ2n) is 5.15. The second-order valence-corrected chi connectivity index (χ2v) is 5.15. The molecule has 1 aromatic rings. The van der Waals surface area contributed by atoms with Crippen molar-refractivity contribution in [2.24, 2.45) is 0 Å². The number of aromatic nitrogens is 2. The average Bonchev–Trinajstić information content (AvgIpc) is 2.38. The number of rotatable bonds is 5. The van der Waals surface area contributed by atoms with Gasteiger partial charge in [0, 0.05) is 39.1 Å². The first-order valence-electron chi connectivity index (χ1n) is 6.85. The van der Waals surface area contributed by atoms with E-state index < -0.39 is 0 Å². The first-order valence-corrected chi connectivity index (χ1v) is 6.85. The van der Waals surface area contributed by atoms with E-state index in [1.165, 1.54) is 0 Å². The Bertz CT molecular complexity index is 442. The summed E-state index contributed by atoms with van der Waals surface area (Å²) in [6.45, 7) is 6.66. The fraction of sp³-hybridized carbons (Fsp3) is 0.714. The normalized spacial score (nSPS) is 23.1. The molecule has 20 heavy (non-hydrogen) atoms. The van der Waals surface area contributed by atoms with E-state index in [1.807, 2.05) is 13.0 Å². The first-order chi connectivity index (χ1) is 9.62. The van der Waals surface area contributed by atoms with Gasteiger partial charge in [-0.3, -0.25) is 0 Å². The highest BCUT2D eigenvalue weighted by Gasteiger charge is 2.26. The molecule has 2 unspecified atom stereocenters. The van der Waals surface area contributed by atoms with Crippen LogP contribution in [0.25, 0.3) is 0 Å². The largest absolute Gasteiger partial charge is 0.382 e. The Kier molecular flexibility index (Phi) is 5.28. The molecule has 2 heterocycles. The molecule has 0 aromatic carbocycles. The Balaban J connectivity index is 2.16. The summed E-state index contributed by atoms with van der Waals surface area (Å²) in [5, 5.41) is 0. The Morgan fingerprint density at radius 1 is 1.30 bits per heavy atom. The van der Waals surface area contributed by atoms with Gasteiger partial charge in [0.15, 0.2) is 5.82 Å². The van der Waals surface area contributed by atoms with Crippen LogP contribution >= 0.6 is 0 Å². The van der Waals surface area contributed by atoms with Crippen LogP contribution in [0.4, 0.5) is 5.82 Å². The van der Waals surface area contributed by atoms with Crippen molar-refractivity contribution in [2.75, 3.05) is 38.8 Å². The molecule has 0 spiro atoms. The molecular formula is C14H23N3O3. The molecule has 0 N–H and O–H groups in total. The zero-order valence-corrected chi connectivity index (χ0v) is 12.6. The molecule has 0 saturated carbocycles. The van der Waals surface area contributed by atoms with E-state index in [1.54, 1.807) is 14.2 Å². The third-order valence-corrected chi connectivity index (χ3v) is 3.16. The quantitative estimate of drug-likeness (QED) is 0.807. The van der Waals surface area contributed by atoms with Crippen LogP contribution in [0.2, 0.25) is 0 Å². The van der Waals surface area contributed by atoms with Crippen molar-refractivity contribution in [3.05, 3.63) is 17.6 Å². The number of morpholine rings is 1. The van der Waals surface area contributed by atoms with Gasteiger partial charge in [0.05, 0.1) is 18.8 Å². The smallest absolute Gasteiger partial charge is 0.156 e. The van der Waals surface area contributed by atoms with Gasteiger partial charge in [0.25, 0.3) is 0 Å². The molecule has 1 aliphatic rings. The van der Waals surface area contributed by atoms with Gasteiger partial charge in [0.1, 0.15) is 12.4 Å². The maximum atomic E-state index is 5.85. The summed E-state index contributed by atoms with van der Waals surface area (Å²) in [5.74, 6) is 1.64. The maximum absolute atomic E-state index is 5.85. The second kappa shape index (κ2) is 6.97. The van der Waals surface area contributed by atoms with E-state index in [0.29, 0.717) is 19.0 Å². The van der Waals surface area contributed by atoms with Crippen LogP contribution in [0.3, 0.4) is 0 Å². The molecule has 6 nitrogen and oxygen atoms in total. The molecule has 0 bridgehead atoms. The summed E-state index contributed by atoms with van der Waals surface area (Å²) in [5.41, 5.74) is 0.949. The summed E-state index contributed by atoms with van der Waals surface area (Å²) >= 11 is 0. The van der Waals surface area contributed by atoms with Gasteiger partial charge in [-0.15, -0.1) is 0 Å². The van der Waals surface area contributed by atoms with E-state index >= 15 is 0 Å². The molecule has 2 atom stereocenters. The highest BCUT2D eigenvalue weighted by atomic mass is 16.5. The fourth-order valence-corrected chi connectivity index (χ4v) is 2.48. The minimum absolute atomic E-state index is 0.0740. The molecule has 0 aliphatic carbocycles. The number of ether oxygens (including phenoxy) is 3. The van der Waals surface area contributed by atoms with Gasteiger partial charge in [-0.05, 0) is 13.8 Å². The van der Waals surface area contributed by atoms with Crippen LogP contribution in [-0.2, 0) is 20.8 Å². The highest BCUT2D eigenvalue weighted by Crippen LogP contribution is 2.19. The first kappa shape index (κ1) is 15.2. The number of anilines is 1. The molecular weight excluding hydrogens is 258 g/mol.